The molecule has 0 unspecified atom stereocenters. The lowest BCUT2D eigenvalue weighted by Crippen LogP contribution is -2.01. The fraction of sp³-hybridized carbons (Fsp3) is 0.125. The smallest absolute Gasteiger partial charge is 0.210 e. The van der Waals surface area contributed by atoms with Crippen LogP contribution in [0.4, 0.5) is 4.39 Å². The van der Waals surface area contributed by atoms with Crippen molar-refractivity contribution in [3.63, 3.8) is 0 Å². The van der Waals surface area contributed by atoms with Crippen LogP contribution < -0.4 is 0 Å². The molecular formula is C8H6FNO3S. The van der Waals surface area contributed by atoms with Crippen LogP contribution >= 0.6 is 0 Å². The van der Waals surface area contributed by atoms with Crippen LogP contribution in [0.2, 0.25) is 0 Å². The van der Waals surface area contributed by atoms with E-state index in [-0.39, 0.29) is 5.56 Å². The predicted octanol–water partition coefficient (Wildman–Crippen LogP) is 1.16. The molecule has 0 heterocycles. The highest BCUT2D eigenvalue weighted by atomic mass is 32.2. The van der Waals surface area contributed by atoms with Gasteiger partial charge in [0.25, 0.3) is 16.1 Å². The first-order chi connectivity index (χ1) is 6.49. The number of hydrogen-bond donors (Lipinski definition) is 0. The van der Waals surface area contributed by atoms with Crippen molar-refractivity contribution >= 4 is 16.1 Å². The third-order valence-corrected chi connectivity index (χ3v) is 2.78. The van der Waals surface area contributed by atoms with Crippen molar-refractivity contribution in [3.05, 3.63) is 29.6 Å². The number of hydrogen-bond acceptors (Lipinski definition) is 3. The van der Waals surface area contributed by atoms with Crippen molar-refractivity contribution in [1.82, 2.24) is 0 Å². The van der Waals surface area contributed by atoms with Gasteiger partial charge in [0.1, 0.15) is 10.7 Å². The number of isocyanates is 1. The van der Waals surface area contributed by atoms with Gasteiger partial charge in [0.2, 0.25) is 0 Å². The molecule has 4 nitrogen and oxygen atoms in total. The Bertz CT molecular complexity index is 503. The van der Waals surface area contributed by atoms with Crippen molar-refractivity contribution in [3.8, 4) is 0 Å². The van der Waals surface area contributed by atoms with Gasteiger partial charge in [-0.3, -0.25) is 0 Å². The second-order valence-electron chi connectivity index (χ2n) is 2.54. The molecular weight excluding hydrogens is 209 g/mol. The lowest BCUT2D eigenvalue weighted by molar-refractivity contribution is 0.557. The van der Waals surface area contributed by atoms with Crippen LogP contribution in [0.15, 0.2) is 27.5 Å². The molecule has 6 heteroatoms. The average Bonchev–Trinajstić information content (AvgIpc) is 2.09. The van der Waals surface area contributed by atoms with Gasteiger partial charge in [-0.25, -0.2) is 9.18 Å². The molecule has 0 aliphatic rings. The number of halogens is 1. The minimum absolute atomic E-state index is 0.173. The largest absolute Gasteiger partial charge is 0.295 e. The average molecular weight is 215 g/mol. The molecule has 0 amide bonds. The van der Waals surface area contributed by atoms with Crippen LogP contribution in [-0.2, 0) is 14.8 Å². The van der Waals surface area contributed by atoms with Crippen LogP contribution in [0.5, 0.6) is 0 Å². The zero-order valence-electron chi connectivity index (χ0n) is 7.19. The number of benzene rings is 1. The first-order valence-electron chi connectivity index (χ1n) is 3.58. The van der Waals surface area contributed by atoms with E-state index in [0.29, 0.717) is 0 Å². The van der Waals surface area contributed by atoms with E-state index in [1.807, 2.05) is 0 Å². The fourth-order valence-electron chi connectivity index (χ4n) is 0.918. The lowest BCUT2D eigenvalue weighted by Gasteiger charge is -2.00. The summed E-state index contributed by atoms with van der Waals surface area (Å²) in [5, 5.41) is 0. The lowest BCUT2D eigenvalue weighted by atomic mass is 10.2. The Labute approximate surface area is 80.1 Å². The Morgan fingerprint density at radius 1 is 1.43 bits per heavy atom. The van der Waals surface area contributed by atoms with Gasteiger partial charge < -0.3 is 0 Å². The normalized spacial score (nSPS) is 10.7. The van der Waals surface area contributed by atoms with Gasteiger partial charge in [-0.2, -0.15) is 8.42 Å². The Kier molecular flexibility index (Phi) is 2.78. The fourth-order valence-corrected chi connectivity index (χ4v) is 1.75. The zero-order chi connectivity index (χ0) is 10.8. The second-order valence-corrected chi connectivity index (χ2v) is 4.12. The van der Waals surface area contributed by atoms with Gasteiger partial charge in [-0.15, -0.1) is 0 Å². The third kappa shape index (κ3) is 1.86. The molecule has 74 valence electrons. The van der Waals surface area contributed by atoms with Crippen LogP contribution in [0.1, 0.15) is 5.56 Å². The minimum Gasteiger partial charge on any atom is -0.210 e. The quantitative estimate of drug-likeness (QED) is 0.549. The number of carbonyl (C=O) groups excluding carboxylic acids is 1. The zero-order valence-corrected chi connectivity index (χ0v) is 8.01. The topological polar surface area (TPSA) is 63.6 Å². The summed E-state index contributed by atoms with van der Waals surface area (Å²) in [6.45, 7) is 1.42. The summed E-state index contributed by atoms with van der Waals surface area (Å²) in [7, 11) is -4.24. The molecule has 14 heavy (non-hydrogen) atoms. The molecule has 0 radical (unpaired) electrons. The highest BCUT2D eigenvalue weighted by molar-refractivity contribution is 7.90. The minimum atomic E-state index is -4.24. The van der Waals surface area contributed by atoms with Crippen LogP contribution in [0, 0.1) is 12.7 Å². The van der Waals surface area contributed by atoms with E-state index in [2.05, 4.69) is 4.40 Å². The van der Waals surface area contributed by atoms with Crippen LogP contribution in [-0.4, -0.2) is 14.5 Å². The van der Waals surface area contributed by atoms with Gasteiger partial charge in [0, 0.05) is 0 Å². The Morgan fingerprint density at radius 3 is 2.64 bits per heavy atom. The van der Waals surface area contributed by atoms with Gasteiger partial charge in [-0.1, -0.05) is 16.5 Å². The predicted molar refractivity (Wildman–Crippen MR) is 46.4 cm³/mol. The van der Waals surface area contributed by atoms with Crippen molar-refractivity contribution in [2.24, 2.45) is 4.40 Å². The van der Waals surface area contributed by atoms with Crippen LogP contribution in [0.3, 0.4) is 0 Å². The molecule has 0 bridgehead atoms. The summed E-state index contributed by atoms with van der Waals surface area (Å²) in [5.74, 6) is -0.897. The third-order valence-electron chi connectivity index (χ3n) is 1.59. The maximum Gasteiger partial charge on any atom is 0.295 e. The van der Waals surface area contributed by atoms with E-state index in [0.717, 1.165) is 12.1 Å². The van der Waals surface area contributed by atoms with Gasteiger partial charge >= 0.3 is 0 Å². The summed E-state index contributed by atoms with van der Waals surface area (Å²) >= 11 is 0. The Balaban J connectivity index is 3.49. The molecule has 0 saturated heterocycles. The standard InChI is InChI=1S/C8H6FNO3S/c1-6-3-2-4-7(8(6)9)14(12,13)10-5-11/h2-4H,1H3. The summed E-state index contributed by atoms with van der Waals surface area (Å²) < 4.78 is 38.1. The monoisotopic (exact) mass is 215 g/mol. The first kappa shape index (κ1) is 10.6. The van der Waals surface area contributed by atoms with E-state index in [1.54, 1.807) is 0 Å². The van der Waals surface area contributed by atoms with Crippen molar-refractivity contribution < 1.29 is 17.6 Å². The Morgan fingerprint density at radius 2 is 2.07 bits per heavy atom. The molecule has 0 aliphatic carbocycles. The molecule has 0 spiro atoms. The van der Waals surface area contributed by atoms with Crippen LogP contribution in [0.25, 0.3) is 0 Å². The van der Waals surface area contributed by atoms with Crippen molar-refractivity contribution in [1.29, 1.82) is 0 Å². The van der Waals surface area contributed by atoms with Crippen molar-refractivity contribution in [2.45, 2.75) is 11.8 Å². The number of sulfonamides is 1. The van der Waals surface area contributed by atoms with E-state index in [4.69, 9.17) is 0 Å². The molecule has 1 aromatic rings. The van der Waals surface area contributed by atoms with Gasteiger partial charge in [0.15, 0.2) is 0 Å². The number of rotatable bonds is 2. The first-order valence-corrected chi connectivity index (χ1v) is 5.02. The van der Waals surface area contributed by atoms with Gasteiger partial charge in [-0.05, 0) is 18.6 Å². The number of aryl methyl sites for hydroxylation is 1. The maximum atomic E-state index is 13.3. The van der Waals surface area contributed by atoms with Gasteiger partial charge in [0.05, 0.1) is 0 Å². The van der Waals surface area contributed by atoms with E-state index >= 15 is 0 Å². The molecule has 1 aromatic carbocycles. The van der Waals surface area contributed by atoms with E-state index in [9.17, 15) is 17.6 Å². The highest BCUT2D eigenvalue weighted by Gasteiger charge is 2.18. The SMILES string of the molecule is Cc1cccc(S(=O)(=O)N=C=O)c1F. The second kappa shape index (κ2) is 3.69. The number of nitrogens with zero attached hydrogens (tertiary/aromatic N) is 1. The summed E-state index contributed by atoms with van der Waals surface area (Å²) in [5.41, 5.74) is 0.173. The molecule has 0 saturated carbocycles. The molecule has 0 aliphatic heterocycles. The Hall–Kier alpha value is -1.52. The molecule has 1 rings (SSSR count). The maximum absolute atomic E-state index is 13.3. The molecule has 0 atom stereocenters. The molecule has 0 aromatic heterocycles. The van der Waals surface area contributed by atoms with E-state index < -0.39 is 20.7 Å². The summed E-state index contributed by atoms with van der Waals surface area (Å²) in [4.78, 5) is 9.19. The van der Waals surface area contributed by atoms with Crippen molar-refractivity contribution in [2.75, 3.05) is 0 Å². The molecule has 0 N–H and O–H groups in total. The highest BCUT2D eigenvalue weighted by Crippen LogP contribution is 2.18. The summed E-state index contributed by atoms with van der Waals surface area (Å²) in [6.07, 6.45) is 0.874. The summed E-state index contributed by atoms with van der Waals surface area (Å²) in [6, 6.07) is 3.82. The molecule has 0 fully saturated rings. The van der Waals surface area contributed by atoms with E-state index in [1.165, 1.54) is 19.1 Å².